The molecule has 2 aromatic rings. The van der Waals surface area contributed by atoms with Crippen molar-refractivity contribution in [3.05, 3.63) is 65.7 Å². The summed E-state index contributed by atoms with van der Waals surface area (Å²) in [5, 5.41) is 0. The van der Waals surface area contributed by atoms with E-state index in [4.69, 9.17) is 4.74 Å². The van der Waals surface area contributed by atoms with E-state index in [1.807, 2.05) is 35.2 Å². The number of aryl methyl sites for hydroxylation is 1. The number of likely N-dealkylation sites (N-methyl/N-ethyl adjacent to an activating group) is 1. The molecule has 1 saturated heterocycles. The van der Waals surface area contributed by atoms with Gasteiger partial charge in [0.05, 0.1) is 13.2 Å². The van der Waals surface area contributed by atoms with E-state index < -0.39 is 0 Å². The average Bonchev–Trinajstić information content (AvgIpc) is 2.67. The molecule has 0 aromatic heterocycles. The van der Waals surface area contributed by atoms with Gasteiger partial charge in [-0.15, -0.1) is 0 Å². The van der Waals surface area contributed by atoms with Crippen molar-refractivity contribution in [1.29, 1.82) is 0 Å². The summed E-state index contributed by atoms with van der Waals surface area (Å²) in [5.41, 5.74) is 2.41. The molecule has 1 atom stereocenters. The quantitative estimate of drug-likeness (QED) is 0.840. The Morgan fingerprint density at radius 1 is 1.12 bits per heavy atom. The van der Waals surface area contributed by atoms with Gasteiger partial charge in [-0.3, -0.25) is 9.69 Å². The summed E-state index contributed by atoms with van der Waals surface area (Å²) in [4.78, 5) is 17.0. The lowest BCUT2D eigenvalue weighted by Gasteiger charge is -2.39. The third kappa shape index (κ3) is 4.40. The van der Waals surface area contributed by atoms with Crippen LogP contribution in [0.5, 0.6) is 5.75 Å². The molecule has 1 aliphatic heterocycles. The smallest absolute Gasteiger partial charge is 0.223 e. The fourth-order valence-electron chi connectivity index (χ4n) is 3.37. The Morgan fingerprint density at radius 3 is 2.68 bits per heavy atom. The van der Waals surface area contributed by atoms with E-state index in [1.54, 1.807) is 7.11 Å². The second kappa shape index (κ2) is 8.17. The largest absolute Gasteiger partial charge is 0.497 e. The Bertz CT molecular complexity index is 702. The average molecular weight is 338 g/mol. The van der Waals surface area contributed by atoms with Crippen LogP contribution in [-0.2, 0) is 11.2 Å². The van der Waals surface area contributed by atoms with Gasteiger partial charge >= 0.3 is 0 Å². The molecule has 1 aliphatic rings. The molecule has 0 N–H and O–H groups in total. The highest BCUT2D eigenvalue weighted by atomic mass is 16.5. The first kappa shape index (κ1) is 17.5. The van der Waals surface area contributed by atoms with E-state index in [0.29, 0.717) is 6.42 Å². The van der Waals surface area contributed by atoms with Gasteiger partial charge in [-0.1, -0.05) is 42.5 Å². The van der Waals surface area contributed by atoms with Gasteiger partial charge in [-0.05, 0) is 36.7 Å². The monoisotopic (exact) mass is 338 g/mol. The molecule has 132 valence electrons. The molecule has 0 radical (unpaired) electrons. The highest BCUT2D eigenvalue weighted by Gasteiger charge is 2.27. The minimum absolute atomic E-state index is 0.233. The van der Waals surface area contributed by atoms with Crippen molar-refractivity contribution in [3.8, 4) is 5.75 Å². The van der Waals surface area contributed by atoms with Crippen LogP contribution in [0.1, 0.15) is 23.6 Å². The predicted octanol–water partition coefficient (Wildman–Crippen LogP) is 3.14. The predicted molar refractivity (Wildman–Crippen MR) is 99.7 cm³/mol. The molecule has 4 nitrogen and oxygen atoms in total. The summed E-state index contributed by atoms with van der Waals surface area (Å²) in [5.74, 6) is 1.07. The van der Waals surface area contributed by atoms with Crippen LogP contribution in [-0.4, -0.2) is 49.5 Å². The molecule has 1 amide bonds. The van der Waals surface area contributed by atoms with Crippen LogP contribution in [0.4, 0.5) is 0 Å². The zero-order chi connectivity index (χ0) is 17.6. The maximum Gasteiger partial charge on any atom is 0.223 e. The second-order valence-electron chi connectivity index (χ2n) is 6.60. The molecule has 2 aromatic carbocycles. The summed E-state index contributed by atoms with van der Waals surface area (Å²) in [6, 6.07) is 18.7. The molecular formula is C21H26N2O2. The van der Waals surface area contributed by atoms with Gasteiger partial charge in [0.25, 0.3) is 0 Å². The van der Waals surface area contributed by atoms with Gasteiger partial charge in [0, 0.05) is 26.1 Å². The topological polar surface area (TPSA) is 32.8 Å². The van der Waals surface area contributed by atoms with Crippen molar-refractivity contribution < 1.29 is 9.53 Å². The van der Waals surface area contributed by atoms with Crippen LogP contribution >= 0.6 is 0 Å². The highest BCUT2D eigenvalue weighted by Crippen LogP contribution is 2.24. The van der Waals surface area contributed by atoms with Gasteiger partial charge in [0.1, 0.15) is 5.75 Å². The van der Waals surface area contributed by atoms with Crippen molar-refractivity contribution in [1.82, 2.24) is 9.80 Å². The van der Waals surface area contributed by atoms with Crippen LogP contribution in [0.25, 0.3) is 0 Å². The number of benzene rings is 2. The van der Waals surface area contributed by atoms with Gasteiger partial charge in [-0.25, -0.2) is 0 Å². The SMILES string of the molecule is COc1cccc(CCC(=O)N2CCN(C)C(c3ccccc3)C2)c1. The lowest BCUT2D eigenvalue weighted by Crippen LogP contribution is -2.49. The van der Waals surface area contributed by atoms with Crippen LogP contribution in [0.3, 0.4) is 0 Å². The van der Waals surface area contributed by atoms with E-state index in [0.717, 1.165) is 37.4 Å². The first-order valence-corrected chi connectivity index (χ1v) is 8.83. The lowest BCUT2D eigenvalue weighted by atomic mass is 10.0. The van der Waals surface area contributed by atoms with Crippen LogP contribution in [0, 0.1) is 0 Å². The normalized spacial score (nSPS) is 18.2. The van der Waals surface area contributed by atoms with Gasteiger partial charge in [-0.2, -0.15) is 0 Å². The first-order valence-electron chi connectivity index (χ1n) is 8.83. The zero-order valence-electron chi connectivity index (χ0n) is 15.0. The molecule has 1 heterocycles. The molecule has 0 aliphatic carbocycles. The standard InChI is InChI=1S/C21H26N2O2/c1-22-13-14-23(16-20(22)18-8-4-3-5-9-18)21(24)12-11-17-7-6-10-19(15-17)25-2/h3-10,15,20H,11-14,16H2,1-2H3. The van der Waals surface area contributed by atoms with Gasteiger partial charge in [0.15, 0.2) is 0 Å². The Labute approximate surface area is 150 Å². The van der Waals surface area contributed by atoms with Crippen LogP contribution in [0.15, 0.2) is 54.6 Å². The Hall–Kier alpha value is -2.33. The van der Waals surface area contributed by atoms with Crippen molar-refractivity contribution in [2.24, 2.45) is 0 Å². The number of hydrogen-bond donors (Lipinski definition) is 0. The van der Waals surface area contributed by atoms with Crippen LogP contribution in [0.2, 0.25) is 0 Å². The van der Waals surface area contributed by atoms with E-state index in [2.05, 4.69) is 36.2 Å². The number of methoxy groups -OCH3 is 1. The summed E-state index contributed by atoms with van der Waals surface area (Å²) in [7, 11) is 3.80. The third-order valence-electron chi connectivity index (χ3n) is 4.95. The van der Waals surface area contributed by atoms with E-state index >= 15 is 0 Å². The zero-order valence-corrected chi connectivity index (χ0v) is 15.0. The number of piperazine rings is 1. The molecular weight excluding hydrogens is 312 g/mol. The Balaban J connectivity index is 1.60. The highest BCUT2D eigenvalue weighted by molar-refractivity contribution is 5.76. The van der Waals surface area contributed by atoms with Crippen LogP contribution < -0.4 is 4.74 Å². The van der Waals surface area contributed by atoms with Gasteiger partial charge in [0.2, 0.25) is 5.91 Å². The first-order chi connectivity index (χ1) is 12.2. The maximum atomic E-state index is 12.7. The van der Waals surface area contributed by atoms with Crippen molar-refractivity contribution in [2.45, 2.75) is 18.9 Å². The molecule has 4 heteroatoms. The Kier molecular flexibility index (Phi) is 5.71. The maximum absolute atomic E-state index is 12.7. The van der Waals surface area contributed by atoms with E-state index in [1.165, 1.54) is 5.56 Å². The fraction of sp³-hybridized carbons (Fsp3) is 0.381. The molecule has 0 bridgehead atoms. The fourth-order valence-corrected chi connectivity index (χ4v) is 3.37. The summed E-state index contributed by atoms with van der Waals surface area (Å²) >= 11 is 0. The number of carbonyl (C=O) groups excluding carboxylic acids is 1. The number of amides is 1. The molecule has 25 heavy (non-hydrogen) atoms. The molecule has 1 fully saturated rings. The minimum Gasteiger partial charge on any atom is -0.497 e. The number of rotatable bonds is 5. The summed E-state index contributed by atoms with van der Waals surface area (Å²) in [6.45, 7) is 2.47. The molecule has 0 saturated carbocycles. The summed E-state index contributed by atoms with van der Waals surface area (Å²) < 4.78 is 5.25. The number of ether oxygens (including phenoxy) is 1. The molecule has 1 unspecified atom stereocenters. The Morgan fingerprint density at radius 2 is 1.92 bits per heavy atom. The number of carbonyl (C=O) groups is 1. The second-order valence-corrected chi connectivity index (χ2v) is 6.60. The number of nitrogens with zero attached hydrogens (tertiary/aromatic N) is 2. The number of hydrogen-bond acceptors (Lipinski definition) is 3. The summed E-state index contributed by atoms with van der Waals surface area (Å²) in [6.07, 6.45) is 1.29. The molecule has 3 rings (SSSR count). The van der Waals surface area contributed by atoms with Gasteiger partial charge < -0.3 is 9.64 Å². The minimum atomic E-state index is 0.233. The van der Waals surface area contributed by atoms with Crippen molar-refractivity contribution in [3.63, 3.8) is 0 Å². The van der Waals surface area contributed by atoms with E-state index in [9.17, 15) is 4.79 Å². The van der Waals surface area contributed by atoms with E-state index in [-0.39, 0.29) is 11.9 Å². The molecule has 0 spiro atoms. The third-order valence-corrected chi connectivity index (χ3v) is 4.95. The lowest BCUT2D eigenvalue weighted by molar-refractivity contribution is -0.134. The van der Waals surface area contributed by atoms with Crippen molar-refractivity contribution in [2.75, 3.05) is 33.8 Å². The van der Waals surface area contributed by atoms with Crippen molar-refractivity contribution >= 4 is 5.91 Å².